The molecule has 0 amide bonds. The highest BCUT2D eigenvalue weighted by atomic mass is 35.5. The Balaban J connectivity index is 0.000000240. The normalized spacial score (nSPS) is 11.3. The Morgan fingerprint density at radius 3 is 2.00 bits per heavy atom. The molecule has 0 bridgehead atoms. The van der Waals surface area contributed by atoms with Crippen molar-refractivity contribution in [3.8, 4) is 40.5 Å². The minimum Gasteiger partial charge on any atom is -0.490 e. The number of hydrogen-bond acceptors (Lipinski definition) is 8. The topological polar surface area (TPSA) is 81.2 Å². The third kappa shape index (κ3) is 15.1. The Labute approximate surface area is 324 Å². The molecule has 0 aliphatic carbocycles. The average Bonchev–Trinajstić information content (AvgIpc) is 3.13. The van der Waals surface area contributed by atoms with Gasteiger partial charge in [-0.15, -0.1) is 0 Å². The van der Waals surface area contributed by atoms with Gasteiger partial charge in [-0.3, -0.25) is 0 Å². The zero-order valence-corrected chi connectivity index (χ0v) is 31.1. The highest BCUT2D eigenvalue weighted by molar-refractivity contribution is 6.55. The average molecular weight is 812 g/mol. The summed E-state index contributed by atoms with van der Waals surface area (Å²) in [4.78, 5) is 7.75. The van der Waals surface area contributed by atoms with Crippen LogP contribution in [0.3, 0.4) is 0 Å². The van der Waals surface area contributed by atoms with E-state index in [0.29, 0.717) is 30.9 Å². The van der Waals surface area contributed by atoms with E-state index >= 15 is 0 Å². The monoisotopic (exact) mass is 810 g/mol. The van der Waals surface area contributed by atoms with Crippen LogP contribution in [0.25, 0.3) is 0 Å². The fraction of sp³-hybridized carbons (Fsp3) is 0.211. The molecule has 5 rings (SSSR count). The van der Waals surface area contributed by atoms with Gasteiger partial charge in [0.15, 0.2) is 5.75 Å². The maximum Gasteiger partial charge on any atom is 0.417 e. The van der Waals surface area contributed by atoms with Crippen LogP contribution in [0, 0.1) is 0 Å². The fourth-order valence-electron chi connectivity index (χ4n) is 4.10. The molecule has 2 heterocycles. The van der Waals surface area contributed by atoms with Gasteiger partial charge in [0.25, 0.3) is 0 Å². The molecule has 8 nitrogen and oxygen atoms in total. The largest absolute Gasteiger partial charge is 0.490 e. The Hall–Kier alpha value is -4.55. The minimum absolute atomic E-state index is 0.0795. The third-order valence-electron chi connectivity index (χ3n) is 6.56. The molecule has 0 saturated heterocycles. The Morgan fingerprint density at radius 1 is 0.717 bits per heavy atom. The van der Waals surface area contributed by atoms with Gasteiger partial charge >= 0.3 is 6.18 Å². The van der Waals surface area contributed by atoms with Gasteiger partial charge in [-0.2, -0.15) is 13.2 Å². The first kappa shape index (κ1) is 41.2. The van der Waals surface area contributed by atoms with Crippen molar-refractivity contribution in [3.05, 3.63) is 136 Å². The van der Waals surface area contributed by atoms with E-state index in [0.717, 1.165) is 29.4 Å². The molecule has 5 aromatic rings. The van der Waals surface area contributed by atoms with Crippen molar-refractivity contribution >= 4 is 46.4 Å². The molecule has 15 heteroatoms. The summed E-state index contributed by atoms with van der Waals surface area (Å²) in [6, 6.07) is 27.9. The van der Waals surface area contributed by atoms with Crippen molar-refractivity contribution in [2.24, 2.45) is 0 Å². The molecule has 0 N–H and O–H groups in total. The second-order valence-electron chi connectivity index (χ2n) is 10.7. The number of halogens is 7. The van der Waals surface area contributed by atoms with Crippen LogP contribution < -0.4 is 28.4 Å². The number of aromatic nitrogens is 2. The van der Waals surface area contributed by atoms with Gasteiger partial charge in [-0.1, -0.05) is 70.7 Å². The highest BCUT2D eigenvalue weighted by Gasteiger charge is 2.30. The molecule has 0 radical (unpaired) electrons. The first-order valence-electron chi connectivity index (χ1n) is 15.9. The van der Waals surface area contributed by atoms with Crippen LogP contribution >= 0.6 is 46.4 Å². The van der Waals surface area contributed by atoms with Crippen molar-refractivity contribution < 1.29 is 41.6 Å². The number of ether oxygens (including phenoxy) is 6. The molecule has 0 spiro atoms. The fourth-order valence-corrected chi connectivity index (χ4v) is 4.80. The van der Waals surface area contributed by atoms with E-state index in [1.165, 1.54) is 18.2 Å². The molecule has 280 valence electrons. The quantitative estimate of drug-likeness (QED) is 0.0911. The lowest BCUT2D eigenvalue weighted by molar-refractivity contribution is -0.137. The van der Waals surface area contributed by atoms with E-state index in [2.05, 4.69) is 9.97 Å². The maximum atomic E-state index is 12.5. The van der Waals surface area contributed by atoms with E-state index in [1.807, 2.05) is 79.7 Å². The molecule has 0 saturated carbocycles. The zero-order valence-electron chi connectivity index (χ0n) is 28.1. The number of para-hydroxylation sites is 1. The maximum absolute atomic E-state index is 12.5. The van der Waals surface area contributed by atoms with Crippen molar-refractivity contribution in [1.82, 2.24) is 9.97 Å². The number of nitrogens with zero attached hydrogens (tertiary/aromatic N) is 2. The lowest BCUT2D eigenvalue weighted by Gasteiger charge is -2.15. The van der Waals surface area contributed by atoms with Gasteiger partial charge in [-0.25, -0.2) is 9.97 Å². The second kappa shape index (κ2) is 21.2. The van der Waals surface area contributed by atoms with Crippen LogP contribution in [0.2, 0.25) is 10.0 Å². The molecule has 3 aromatic carbocycles. The molecule has 2 aromatic heterocycles. The van der Waals surface area contributed by atoms with Crippen LogP contribution in [0.4, 0.5) is 13.2 Å². The first-order chi connectivity index (χ1) is 25.5. The lowest BCUT2D eigenvalue weighted by Crippen LogP contribution is -2.21. The van der Waals surface area contributed by atoms with Crippen molar-refractivity contribution in [2.45, 2.75) is 25.6 Å². The molecule has 1 atom stereocenters. The van der Waals surface area contributed by atoms with Crippen molar-refractivity contribution in [2.75, 3.05) is 26.4 Å². The van der Waals surface area contributed by atoms with E-state index in [-0.39, 0.29) is 52.1 Å². The van der Waals surface area contributed by atoms with Crippen LogP contribution in [-0.2, 0) is 6.18 Å². The molecule has 53 heavy (non-hydrogen) atoms. The number of benzene rings is 3. The number of alkyl halides is 3. The van der Waals surface area contributed by atoms with Gasteiger partial charge in [0.05, 0.1) is 28.8 Å². The van der Waals surface area contributed by atoms with Crippen molar-refractivity contribution in [3.63, 3.8) is 0 Å². The molecule has 1 unspecified atom stereocenters. The third-order valence-corrected chi connectivity index (χ3v) is 7.43. The lowest BCUT2D eigenvalue weighted by atomic mass is 10.3. The molecular weight excluding hydrogens is 779 g/mol. The minimum atomic E-state index is -4.44. The molecule has 0 aliphatic heterocycles. The predicted octanol–water partition coefficient (Wildman–Crippen LogP) is 11.7. The molecule has 0 fully saturated rings. The summed E-state index contributed by atoms with van der Waals surface area (Å²) < 4.78 is 70.9. The summed E-state index contributed by atoms with van der Waals surface area (Å²) in [6.45, 7) is 2.92. The van der Waals surface area contributed by atoms with Crippen LogP contribution in [0.1, 0.15) is 18.9 Å². The van der Waals surface area contributed by atoms with Crippen LogP contribution in [-0.4, -0.2) is 42.5 Å². The van der Waals surface area contributed by atoms with Gasteiger partial charge in [-0.05, 0) is 61.5 Å². The molecular formula is C38H33Cl4F3N2O6. The number of rotatable bonds is 16. The summed E-state index contributed by atoms with van der Waals surface area (Å²) in [6.07, 6.45) is -0.236. The van der Waals surface area contributed by atoms with E-state index in [9.17, 15) is 13.2 Å². The van der Waals surface area contributed by atoms with Crippen molar-refractivity contribution in [1.29, 1.82) is 0 Å². The smallest absolute Gasteiger partial charge is 0.417 e. The van der Waals surface area contributed by atoms with E-state index in [4.69, 9.17) is 74.8 Å². The summed E-state index contributed by atoms with van der Waals surface area (Å²) in [5.41, 5.74) is -0.841. The van der Waals surface area contributed by atoms with E-state index < -0.39 is 11.7 Å². The number of pyridine rings is 2. The first-order valence-corrected chi connectivity index (χ1v) is 17.4. The summed E-state index contributed by atoms with van der Waals surface area (Å²) >= 11 is 23.3. The zero-order chi connectivity index (χ0) is 38.1. The molecule has 0 aliphatic rings. The standard InChI is InChI=1S/C20H19NO3.C18H14Cl4F3NO3/c1-16(23-20-9-5-6-14-21-20)15-22-17-10-12-19(13-11-17)24-18-7-3-2-4-8-18;19-13-8-12(27-7-4-15(21)22)9-14(20)17(13)29-6-1-5-28-16-3-2-11(10-26-16)18(23,24)25/h2-14,16H,15H2,1H3;2-4,8-10H,1,5-7H2. The summed E-state index contributed by atoms with van der Waals surface area (Å²) in [5, 5.41) is 0.498. The van der Waals surface area contributed by atoms with Gasteiger partial charge in [0.2, 0.25) is 11.8 Å². The highest BCUT2D eigenvalue weighted by Crippen LogP contribution is 2.37. The predicted molar refractivity (Wildman–Crippen MR) is 199 cm³/mol. The van der Waals surface area contributed by atoms with Gasteiger partial charge in [0.1, 0.15) is 46.8 Å². The van der Waals surface area contributed by atoms with Gasteiger partial charge in [0, 0.05) is 43.1 Å². The Kier molecular flexibility index (Phi) is 16.5. The summed E-state index contributed by atoms with van der Waals surface area (Å²) in [7, 11) is 0. The number of hydrogen-bond donors (Lipinski definition) is 0. The Bertz CT molecular complexity index is 1830. The van der Waals surface area contributed by atoms with Gasteiger partial charge < -0.3 is 28.4 Å². The van der Waals surface area contributed by atoms with E-state index in [1.54, 1.807) is 6.20 Å². The Morgan fingerprint density at radius 2 is 1.38 bits per heavy atom. The second-order valence-corrected chi connectivity index (χ2v) is 12.6. The SMILES string of the molecule is CC(COc1ccc(Oc2ccccc2)cc1)Oc1ccccn1.FC(F)(F)c1ccc(OCCCOc2c(Cl)cc(OCC=C(Cl)Cl)cc2Cl)nc1. The summed E-state index contributed by atoms with van der Waals surface area (Å²) in [5.74, 6) is 3.72. The van der Waals surface area contributed by atoms with Crippen LogP contribution in [0.15, 0.2) is 120 Å². The van der Waals surface area contributed by atoms with Crippen LogP contribution in [0.5, 0.6) is 40.5 Å².